The smallest absolute Gasteiger partial charge is 0.325 e. The first-order chi connectivity index (χ1) is 7.71. The summed E-state index contributed by atoms with van der Waals surface area (Å²) < 4.78 is 37.8. The average Bonchev–Trinajstić information content (AvgIpc) is 2.19. The monoisotopic (exact) mass is 282 g/mol. The fourth-order valence-corrected chi connectivity index (χ4v) is 1.26. The van der Waals surface area contributed by atoms with Crippen LogP contribution in [-0.2, 0) is 11.0 Å². The first-order valence-corrected chi connectivity index (χ1v) is 4.96. The number of hydrogen-bond donors (Lipinski definition) is 2. The van der Waals surface area contributed by atoms with Gasteiger partial charge in [-0.05, 0) is 31.5 Å². The predicted octanol–water partition coefficient (Wildman–Crippen LogP) is 2.72. The fraction of sp³-hybridized carbons (Fsp3) is 0.364. The van der Waals surface area contributed by atoms with Crippen molar-refractivity contribution in [1.29, 1.82) is 0 Å². The zero-order valence-electron chi connectivity index (χ0n) is 9.84. The van der Waals surface area contributed by atoms with Gasteiger partial charge in [-0.1, -0.05) is 6.07 Å². The van der Waals surface area contributed by atoms with Crippen molar-refractivity contribution in [3.8, 4) is 0 Å². The zero-order chi connectivity index (χ0) is 13.2. The number of benzene rings is 1. The number of rotatable bonds is 2. The van der Waals surface area contributed by atoms with Crippen LogP contribution >= 0.6 is 12.4 Å². The molecular formula is C11H14ClF3N2O. The summed E-state index contributed by atoms with van der Waals surface area (Å²) in [6, 6.07) is 2.84. The van der Waals surface area contributed by atoms with E-state index in [1.165, 1.54) is 26.0 Å². The molecule has 1 amide bonds. The SMILES string of the molecule is Cc1ccc(NC(=O)[C@@H](C)N)cc1C(F)(F)F.Cl. The van der Waals surface area contributed by atoms with Crippen LogP contribution in [0.2, 0.25) is 0 Å². The molecule has 3 N–H and O–H groups in total. The highest BCUT2D eigenvalue weighted by Crippen LogP contribution is 2.33. The lowest BCUT2D eigenvalue weighted by molar-refractivity contribution is -0.138. The molecule has 1 aromatic rings. The van der Waals surface area contributed by atoms with E-state index >= 15 is 0 Å². The molecular weight excluding hydrogens is 269 g/mol. The molecule has 0 unspecified atom stereocenters. The molecule has 0 aliphatic carbocycles. The molecule has 7 heteroatoms. The highest BCUT2D eigenvalue weighted by atomic mass is 35.5. The first-order valence-electron chi connectivity index (χ1n) is 4.96. The molecule has 1 aromatic carbocycles. The Morgan fingerprint density at radius 2 is 1.94 bits per heavy atom. The number of amides is 1. The van der Waals surface area contributed by atoms with Gasteiger partial charge >= 0.3 is 6.18 Å². The maximum atomic E-state index is 12.6. The van der Waals surface area contributed by atoms with Crippen molar-refractivity contribution in [3.05, 3.63) is 29.3 Å². The minimum absolute atomic E-state index is 0. The van der Waals surface area contributed by atoms with Crippen LogP contribution < -0.4 is 11.1 Å². The van der Waals surface area contributed by atoms with Crippen molar-refractivity contribution in [2.45, 2.75) is 26.1 Å². The van der Waals surface area contributed by atoms with Crippen LogP contribution in [-0.4, -0.2) is 11.9 Å². The summed E-state index contributed by atoms with van der Waals surface area (Å²) in [7, 11) is 0. The van der Waals surface area contributed by atoms with Crippen molar-refractivity contribution in [1.82, 2.24) is 0 Å². The van der Waals surface area contributed by atoms with Gasteiger partial charge in [0.1, 0.15) is 0 Å². The number of alkyl halides is 3. The lowest BCUT2D eigenvalue weighted by atomic mass is 10.1. The Balaban J connectivity index is 0.00000289. The van der Waals surface area contributed by atoms with Crippen molar-refractivity contribution in [2.75, 3.05) is 5.32 Å². The molecule has 0 saturated carbocycles. The summed E-state index contributed by atoms with van der Waals surface area (Å²) in [5.74, 6) is -0.526. The highest BCUT2D eigenvalue weighted by Gasteiger charge is 2.32. The Kier molecular flexibility index (Phi) is 5.63. The maximum Gasteiger partial charge on any atom is 0.416 e. The zero-order valence-corrected chi connectivity index (χ0v) is 10.7. The van der Waals surface area contributed by atoms with Gasteiger partial charge in [0.2, 0.25) is 5.91 Å². The number of halogens is 4. The minimum atomic E-state index is -4.43. The number of hydrogen-bond acceptors (Lipinski definition) is 2. The average molecular weight is 283 g/mol. The first kappa shape index (κ1) is 16.7. The molecule has 0 aliphatic rings. The molecule has 0 heterocycles. The van der Waals surface area contributed by atoms with Crippen LogP contribution in [0.5, 0.6) is 0 Å². The molecule has 102 valence electrons. The standard InChI is InChI=1S/C11H13F3N2O.ClH/c1-6-3-4-8(16-10(17)7(2)15)5-9(6)11(12,13)14;/h3-5,7H,15H2,1-2H3,(H,16,17);1H/t7-;/m1./s1. The summed E-state index contributed by atoms with van der Waals surface area (Å²) in [6.07, 6.45) is -4.43. The predicted molar refractivity (Wildman–Crippen MR) is 65.7 cm³/mol. The van der Waals surface area contributed by atoms with Crippen LogP contribution in [0.4, 0.5) is 18.9 Å². The van der Waals surface area contributed by atoms with E-state index in [0.29, 0.717) is 0 Å². The molecule has 0 radical (unpaired) electrons. The second-order valence-corrected chi connectivity index (χ2v) is 3.81. The third kappa shape index (κ3) is 4.19. The van der Waals surface area contributed by atoms with E-state index in [2.05, 4.69) is 5.32 Å². The van der Waals surface area contributed by atoms with Crippen molar-refractivity contribution < 1.29 is 18.0 Å². The summed E-state index contributed by atoms with van der Waals surface area (Å²) in [6.45, 7) is 2.81. The van der Waals surface area contributed by atoms with Crippen molar-refractivity contribution >= 4 is 24.0 Å². The maximum absolute atomic E-state index is 12.6. The van der Waals surface area contributed by atoms with Gasteiger partial charge < -0.3 is 11.1 Å². The normalized spacial score (nSPS) is 12.6. The van der Waals surface area contributed by atoms with Crippen LogP contribution in [0.3, 0.4) is 0 Å². The van der Waals surface area contributed by atoms with Crippen LogP contribution in [0.25, 0.3) is 0 Å². The molecule has 3 nitrogen and oxygen atoms in total. The number of aryl methyl sites for hydroxylation is 1. The number of carbonyl (C=O) groups excluding carboxylic acids is 1. The summed E-state index contributed by atoms with van der Waals surface area (Å²) in [5, 5.41) is 2.32. The molecule has 18 heavy (non-hydrogen) atoms. The van der Waals surface area contributed by atoms with E-state index < -0.39 is 23.7 Å². The van der Waals surface area contributed by atoms with Crippen LogP contribution in [0, 0.1) is 6.92 Å². The van der Waals surface area contributed by atoms with Gasteiger partial charge in [-0.15, -0.1) is 12.4 Å². The van der Waals surface area contributed by atoms with E-state index in [1.807, 2.05) is 0 Å². The van der Waals surface area contributed by atoms with Crippen molar-refractivity contribution in [2.24, 2.45) is 5.73 Å². The van der Waals surface area contributed by atoms with Gasteiger partial charge in [0.15, 0.2) is 0 Å². The molecule has 0 aromatic heterocycles. The van der Waals surface area contributed by atoms with E-state index in [4.69, 9.17) is 5.73 Å². The minimum Gasteiger partial charge on any atom is -0.325 e. The van der Waals surface area contributed by atoms with E-state index in [-0.39, 0.29) is 23.7 Å². The topological polar surface area (TPSA) is 55.1 Å². The number of anilines is 1. The number of nitrogens with two attached hydrogens (primary N) is 1. The fourth-order valence-electron chi connectivity index (χ4n) is 1.26. The molecule has 0 fully saturated rings. The molecule has 0 aliphatic heterocycles. The second kappa shape index (κ2) is 6.06. The summed E-state index contributed by atoms with van der Waals surface area (Å²) in [5.41, 5.74) is 4.74. The van der Waals surface area contributed by atoms with Gasteiger partial charge in [-0.3, -0.25) is 4.79 Å². The molecule has 1 atom stereocenters. The van der Waals surface area contributed by atoms with Crippen LogP contribution in [0.1, 0.15) is 18.1 Å². The van der Waals surface area contributed by atoms with Crippen molar-refractivity contribution in [3.63, 3.8) is 0 Å². The second-order valence-electron chi connectivity index (χ2n) is 3.81. The Bertz CT molecular complexity index is 433. The molecule has 0 spiro atoms. The highest BCUT2D eigenvalue weighted by molar-refractivity contribution is 5.94. The summed E-state index contributed by atoms with van der Waals surface area (Å²) >= 11 is 0. The van der Waals surface area contributed by atoms with Gasteiger partial charge in [-0.25, -0.2) is 0 Å². The van der Waals surface area contributed by atoms with E-state index in [1.54, 1.807) is 0 Å². The lowest BCUT2D eigenvalue weighted by Crippen LogP contribution is -2.32. The Hall–Kier alpha value is -1.27. The van der Waals surface area contributed by atoms with E-state index in [0.717, 1.165) is 6.07 Å². The molecule has 0 saturated heterocycles. The van der Waals surface area contributed by atoms with Gasteiger partial charge in [0.25, 0.3) is 0 Å². The Morgan fingerprint density at radius 3 is 2.39 bits per heavy atom. The summed E-state index contributed by atoms with van der Waals surface area (Å²) in [4.78, 5) is 11.2. The van der Waals surface area contributed by atoms with Gasteiger partial charge in [0.05, 0.1) is 11.6 Å². The largest absolute Gasteiger partial charge is 0.416 e. The number of carbonyl (C=O) groups is 1. The lowest BCUT2D eigenvalue weighted by Gasteiger charge is -2.13. The quantitative estimate of drug-likeness (QED) is 0.876. The third-order valence-corrected chi connectivity index (χ3v) is 2.22. The molecule has 0 bridgehead atoms. The Morgan fingerprint density at radius 1 is 1.39 bits per heavy atom. The van der Waals surface area contributed by atoms with Gasteiger partial charge in [-0.2, -0.15) is 13.2 Å². The Labute approximate surface area is 109 Å². The number of nitrogens with one attached hydrogen (secondary N) is 1. The third-order valence-electron chi connectivity index (χ3n) is 2.22. The van der Waals surface area contributed by atoms with E-state index in [9.17, 15) is 18.0 Å². The van der Waals surface area contributed by atoms with Crippen LogP contribution in [0.15, 0.2) is 18.2 Å². The molecule has 1 rings (SSSR count). The van der Waals surface area contributed by atoms with Gasteiger partial charge in [0, 0.05) is 5.69 Å².